The van der Waals surface area contributed by atoms with Gasteiger partial charge in [0.25, 0.3) is 0 Å². The molecule has 0 aliphatic rings. The van der Waals surface area contributed by atoms with Gasteiger partial charge in [-0.2, -0.15) is 0 Å². The molecule has 1 heterocycles. The number of carbonyl (C=O) groups excluding carboxylic acids is 1. The van der Waals surface area contributed by atoms with Crippen molar-refractivity contribution in [3.05, 3.63) is 60.2 Å². The summed E-state index contributed by atoms with van der Waals surface area (Å²) < 4.78 is 13.4. The third kappa shape index (κ3) is 3.32. The first-order valence-corrected chi connectivity index (χ1v) is 6.21. The summed E-state index contributed by atoms with van der Waals surface area (Å²) in [6.07, 6.45) is 3.36. The van der Waals surface area contributed by atoms with E-state index in [1.165, 1.54) is 21.9 Å². The lowest BCUT2D eigenvalue weighted by atomic mass is 10.2. The number of urea groups is 1. The Hall–Kier alpha value is -2.43. The van der Waals surface area contributed by atoms with Gasteiger partial charge in [0.15, 0.2) is 0 Å². The van der Waals surface area contributed by atoms with Crippen molar-refractivity contribution >= 4 is 11.7 Å². The lowest BCUT2D eigenvalue weighted by Gasteiger charge is -2.26. The van der Waals surface area contributed by atoms with Crippen molar-refractivity contribution in [3.8, 4) is 0 Å². The van der Waals surface area contributed by atoms with E-state index in [9.17, 15) is 9.18 Å². The largest absolute Gasteiger partial charge is 0.330 e. The van der Waals surface area contributed by atoms with Crippen LogP contribution in [0.25, 0.3) is 0 Å². The monoisotopic (exact) mass is 273 g/mol. The van der Waals surface area contributed by atoms with Crippen molar-refractivity contribution in [2.45, 2.75) is 6.54 Å². The van der Waals surface area contributed by atoms with E-state index in [1.54, 1.807) is 44.7 Å². The molecule has 0 fully saturated rings. The zero-order valence-electron chi connectivity index (χ0n) is 11.5. The molecule has 0 bridgehead atoms. The number of anilines is 1. The van der Waals surface area contributed by atoms with Gasteiger partial charge in [-0.1, -0.05) is 12.1 Å². The van der Waals surface area contributed by atoms with E-state index < -0.39 is 0 Å². The second-order valence-electron chi connectivity index (χ2n) is 4.60. The molecule has 0 saturated heterocycles. The van der Waals surface area contributed by atoms with Gasteiger partial charge in [-0.05, 0) is 29.8 Å². The Kier molecular flexibility index (Phi) is 4.30. The maximum atomic E-state index is 13.4. The summed E-state index contributed by atoms with van der Waals surface area (Å²) in [6, 6.07) is 9.47. The summed E-state index contributed by atoms with van der Waals surface area (Å²) >= 11 is 0. The molecular formula is C15H16FN3O. The molecule has 1 aromatic carbocycles. The van der Waals surface area contributed by atoms with Crippen molar-refractivity contribution in [3.63, 3.8) is 0 Å². The molecule has 2 rings (SSSR count). The van der Waals surface area contributed by atoms with Crippen LogP contribution in [0.5, 0.6) is 0 Å². The van der Waals surface area contributed by atoms with Gasteiger partial charge in [-0.15, -0.1) is 0 Å². The zero-order chi connectivity index (χ0) is 14.5. The molecule has 2 amide bonds. The van der Waals surface area contributed by atoms with Gasteiger partial charge in [0.2, 0.25) is 0 Å². The maximum absolute atomic E-state index is 13.4. The second-order valence-corrected chi connectivity index (χ2v) is 4.60. The van der Waals surface area contributed by atoms with Crippen LogP contribution in [0.1, 0.15) is 5.56 Å². The average molecular weight is 273 g/mol. The highest BCUT2D eigenvalue weighted by atomic mass is 19.1. The number of hydrogen-bond donors (Lipinski definition) is 0. The van der Waals surface area contributed by atoms with Gasteiger partial charge in [0, 0.05) is 32.2 Å². The Morgan fingerprint density at radius 3 is 2.65 bits per heavy atom. The lowest BCUT2D eigenvalue weighted by molar-refractivity contribution is 0.223. The molecule has 1 aromatic heterocycles. The van der Waals surface area contributed by atoms with Crippen molar-refractivity contribution in [2.24, 2.45) is 0 Å². The van der Waals surface area contributed by atoms with E-state index in [1.807, 2.05) is 6.07 Å². The summed E-state index contributed by atoms with van der Waals surface area (Å²) in [7, 11) is 3.33. The van der Waals surface area contributed by atoms with E-state index in [4.69, 9.17) is 0 Å². The van der Waals surface area contributed by atoms with Crippen LogP contribution in [-0.2, 0) is 6.54 Å². The molecule has 0 atom stereocenters. The number of benzene rings is 1. The molecule has 104 valence electrons. The quantitative estimate of drug-likeness (QED) is 0.862. The van der Waals surface area contributed by atoms with Crippen molar-refractivity contribution in [2.75, 3.05) is 19.0 Å². The topological polar surface area (TPSA) is 36.4 Å². The van der Waals surface area contributed by atoms with Crippen LogP contribution in [-0.4, -0.2) is 30.0 Å². The third-order valence-corrected chi connectivity index (χ3v) is 2.80. The molecule has 0 radical (unpaired) electrons. The van der Waals surface area contributed by atoms with Crippen molar-refractivity contribution in [1.29, 1.82) is 0 Å². The Morgan fingerprint density at radius 1 is 1.25 bits per heavy atom. The van der Waals surface area contributed by atoms with E-state index >= 15 is 0 Å². The summed E-state index contributed by atoms with van der Waals surface area (Å²) in [5.74, 6) is -0.370. The highest BCUT2D eigenvalue weighted by Crippen LogP contribution is 2.19. The fraction of sp³-hybridized carbons (Fsp3) is 0.200. The first-order valence-electron chi connectivity index (χ1n) is 6.21. The van der Waals surface area contributed by atoms with Gasteiger partial charge in [0.05, 0.1) is 6.54 Å². The molecule has 5 heteroatoms. The first kappa shape index (κ1) is 14.0. The number of rotatable bonds is 3. The normalized spacial score (nSPS) is 10.2. The summed E-state index contributed by atoms with van der Waals surface area (Å²) in [5.41, 5.74) is 1.40. The van der Waals surface area contributed by atoms with Crippen LogP contribution < -0.4 is 4.90 Å². The number of aromatic nitrogens is 1. The van der Waals surface area contributed by atoms with E-state index in [0.717, 1.165) is 5.56 Å². The predicted molar refractivity (Wildman–Crippen MR) is 75.9 cm³/mol. The molecule has 4 nitrogen and oxygen atoms in total. The molecule has 0 aliphatic heterocycles. The van der Waals surface area contributed by atoms with Crippen LogP contribution >= 0.6 is 0 Å². The summed E-state index contributed by atoms with van der Waals surface area (Å²) in [5, 5.41) is 0. The zero-order valence-corrected chi connectivity index (χ0v) is 11.5. The number of halogens is 1. The Bertz CT molecular complexity index is 587. The van der Waals surface area contributed by atoms with Crippen LogP contribution in [0.4, 0.5) is 14.9 Å². The summed E-state index contributed by atoms with van der Waals surface area (Å²) in [6.45, 7) is 0.342. The molecule has 0 spiro atoms. The summed E-state index contributed by atoms with van der Waals surface area (Å²) in [4.78, 5) is 19.3. The van der Waals surface area contributed by atoms with Gasteiger partial charge in [-0.25, -0.2) is 9.18 Å². The Balaban J connectivity index is 2.32. The molecule has 0 saturated carbocycles. The minimum absolute atomic E-state index is 0.209. The van der Waals surface area contributed by atoms with Crippen LogP contribution in [0.3, 0.4) is 0 Å². The highest BCUT2D eigenvalue weighted by Gasteiger charge is 2.18. The van der Waals surface area contributed by atoms with Crippen molar-refractivity contribution in [1.82, 2.24) is 9.88 Å². The highest BCUT2D eigenvalue weighted by molar-refractivity contribution is 5.91. The average Bonchev–Trinajstić information content (AvgIpc) is 2.45. The van der Waals surface area contributed by atoms with Crippen molar-refractivity contribution < 1.29 is 9.18 Å². The van der Waals surface area contributed by atoms with Gasteiger partial charge in [0.1, 0.15) is 5.82 Å². The molecule has 0 N–H and O–H groups in total. The van der Waals surface area contributed by atoms with Gasteiger partial charge < -0.3 is 4.90 Å². The molecule has 0 unspecified atom stereocenters. The number of hydrogen-bond acceptors (Lipinski definition) is 2. The number of pyridine rings is 1. The maximum Gasteiger partial charge on any atom is 0.324 e. The predicted octanol–water partition coefficient (Wildman–Crippen LogP) is 2.91. The van der Waals surface area contributed by atoms with Crippen LogP contribution in [0.15, 0.2) is 48.8 Å². The smallest absolute Gasteiger partial charge is 0.324 e. The van der Waals surface area contributed by atoms with Crippen LogP contribution in [0.2, 0.25) is 0 Å². The van der Waals surface area contributed by atoms with E-state index in [-0.39, 0.29) is 11.8 Å². The SMILES string of the molecule is CN(C)C(=O)N(Cc1cccnc1)c1cccc(F)c1. The third-order valence-electron chi connectivity index (χ3n) is 2.80. The van der Waals surface area contributed by atoms with Gasteiger partial charge >= 0.3 is 6.03 Å². The van der Waals surface area contributed by atoms with E-state index in [2.05, 4.69) is 4.98 Å². The fourth-order valence-corrected chi connectivity index (χ4v) is 1.83. The minimum Gasteiger partial charge on any atom is -0.330 e. The number of amides is 2. The molecule has 2 aromatic rings. The lowest BCUT2D eigenvalue weighted by Crippen LogP contribution is -2.38. The number of nitrogens with zero attached hydrogens (tertiary/aromatic N) is 3. The standard InChI is InChI=1S/C15H16FN3O/c1-18(2)15(20)19(11-12-5-4-8-17-10-12)14-7-3-6-13(16)9-14/h3-10H,11H2,1-2H3. The second kappa shape index (κ2) is 6.14. The molecule has 20 heavy (non-hydrogen) atoms. The van der Waals surface area contributed by atoms with Gasteiger partial charge in [-0.3, -0.25) is 9.88 Å². The first-order chi connectivity index (χ1) is 9.58. The number of carbonyl (C=O) groups is 1. The molecular weight excluding hydrogens is 257 g/mol. The Labute approximate surface area is 117 Å². The fourth-order valence-electron chi connectivity index (χ4n) is 1.83. The van der Waals surface area contributed by atoms with E-state index in [0.29, 0.717) is 12.2 Å². The minimum atomic E-state index is -0.370. The Morgan fingerprint density at radius 2 is 2.05 bits per heavy atom. The molecule has 0 aliphatic carbocycles. The van der Waals surface area contributed by atoms with Crippen LogP contribution in [0, 0.1) is 5.82 Å².